The van der Waals surface area contributed by atoms with Gasteiger partial charge in [-0.25, -0.2) is 0 Å². The minimum absolute atomic E-state index is 0.171. The Morgan fingerprint density at radius 1 is 1.09 bits per heavy atom. The number of nitrogens with one attached hydrogen (secondary N) is 1. The largest absolute Gasteiger partial charge is 0.352 e. The maximum atomic E-state index is 12.1. The predicted molar refractivity (Wildman–Crippen MR) is 82.3 cm³/mol. The zero-order valence-corrected chi connectivity index (χ0v) is 13.1. The Hall–Kier alpha value is -1.43. The lowest BCUT2D eigenvalue weighted by atomic mass is 10.2. The van der Waals surface area contributed by atoms with Crippen LogP contribution >= 0.6 is 0 Å². The SMILES string of the molecule is O=C(CN1CCC[C@@H]1c1nnc2n1CCCCC2)NC1CC1. The van der Waals surface area contributed by atoms with E-state index in [1.54, 1.807) is 0 Å². The minimum atomic E-state index is 0.171. The van der Waals surface area contributed by atoms with Crippen molar-refractivity contribution in [2.75, 3.05) is 13.1 Å². The van der Waals surface area contributed by atoms with Crippen LogP contribution in [0.4, 0.5) is 0 Å². The molecule has 1 aromatic rings. The summed E-state index contributed by atoms with van der Waals surface area (Å²) in [6, 6.07) is 0.710. The topological polar surface area (TPSA) is 63.1 Å². The van der Waals surface area contributed by atoms with Crippen LogP contribution < -0.4 is 5.32 Å². The molecule has 0 bridgehead atoms. The molecule has 3 aliphatic rings. The van der Waals surface area contributed by atoms with Crippen molar-refractivity contribution in [3.8, 4) is 0 Å². The second-order valence-electron chi connectivity index (χ2n) is 6.91. The van der Waals surface area contributed by atoms with E-state index in [0.717, 1.165) is 56.8 Å². The van der Waals surface area contributed by atoms with Crippen molar-refractivity contribution in [1.29, 1.82) is 0 Å². The molecule has 1 aliphatic carbocycles. The van der Waals surface area contributed by atoms with E-state index >= 15 is 0 Å². The number of likely N-dealkylation sites (tertiary alicyclic amines) is 1. The van der Waals surface area contributed by atoms with Crippen molar-refractivity contribution in [2.24, 2.45) is 0 Å². The number of aryl methyl sites for hydroxylation is 1. The average molecular weight is 303 g/mol. The maximum absolute atomic E-state index is 12.1. The molecule has 0 aromatic carbocycles. The highest BCUT2D eigenvalue weighted by atomic mass is 16.2. The summed E-state index contributed by atoms with van der Waals surface area (Å²) in [4.78, 5) is 14.4. The first-order valence-corrected chi connectivity index (χ1v) is 8.76. The van der Waals surface area contributed by atoms with Crippen LogP contribution in [0.3, 0.4) is 0 Å². The zero-order valence-electron chi connectivity index (χ0n) is 13.1. The van der Waals surface area contributed by atoms with Gasteiger partial charge in [-0.3, -0.25) is 9.69 Å². The highest BCUT2D eigenvalue weighted by Gasteiger charge is 2.33. The van der Waals surface area contributed by atoms with Crippen LogP contribution in [-0.4, -0.2) is 44.7 Å². The number of fused-ring (bicyclic) bond motifs is 1. The van der Waals surface area contributed by atoms with Gasteiger partial charge in [0.05, 0.1) is 12.6 Å². The van der Waals surface area contributed by atoms with E-state index in [0.29, 0.717) is 12.6 Å². The van der Waals surface area contributed by atoms with Crippen LogP contribution in [0.5, 0.6) is 0 Å². The fourth-order valence-corrected chi connectivity index (χ4v) is 3.75. The van der Waals surface area contributed by atoms with E-state index in [-0.39, 0.29) is 11.9 Å². The van der Waals surface area contributed by atoms with Gasteiger partial charge in [0.15, 0.2) is 0 Å². The first-order chi connectivity index (χ1) is 10.8. The number of aromatic nitrogens is 3. The fourth-order valence-electron chi connectivity index (χ4n) is 3.75. The second kappa shape index (κ2) is 5.99. The summed E-state index contributed by atoms with van der Waals surface area (Å²) in [5.74, 6) is 2.40. The van der Waals surface area contributed by atoms with Crippen molar-refractivity contribution in [2.45, 2.75) is 70.0 Å². The van der Waals surface area contributed by atoms with Crippen molar-refractivity contribution >= 4 is 5.91 Å². The summed E-state index contributed by atoms with van der Waals surface area (Å²) in [6.07, 6.45) is 9.28. The summed E-state index contributed by atoms with van der Waals surface area (Å²) < 4.78 is 2.33. The Morgan fingerprint density at radius 2 is 2.00 bits per heavy atom. The molecule has 0 spiro atoms. The Kier molecular flexibility index (Phi) is 3.86. The zero-order chi connectivity index (χ0) is 14.9. The van der Waals surface area contributed by atoms with Crippen LogP contribution in [0, 0.1) is 0 Å². The van der Waals surface area contributed by atoms with Gasteiger partial charge >= 0.3 is 0 Å². The van der Waals surface area contributed by atoms with Gasteiger partial charge in [-0.1, -0.05) is 6.42 Å². The molecule has 4 rings (SSSR count). The number of carbonyl (C=O) groups is 1. The molecular formula is C16H25N5O. The number of rotatable bonds is 4. The van der Waals surface area contributed by atoms with Crippen LogP contribution in [-0.2, 0) is 17.8 Å². The van der Waals surface area contributed by atoms with E-state index in [9.17, 15) is 4.79 Å². The molecule has 22 heavy (non-hydrogen) atoms. The van der Waals surface area contributed by atoms with E-state index in [4.69, 9.17) is 0 Å². The van der Waals surface area contributed by atoms with Gasteiger partial charge in [-0.2, -0.15) is 0 Å². The van der Waals surface area contributed by atoms with E-state index < -0.39 is 0 Å². The lowest BCUT2D eigenvalue weighted by Crippen LogP contribution is -2.38. The molecule has 1 N–H and O–H groups in total. The van der Waals surface area contributed by atoms with Crippen molar-refractivity contribution < 1.29 is 4.79 Å². The molecular weight excluding hydrogens is 278 g/mol. The van der Waals surface area contributed by atoms with Crippen LogP contribution in [0.2, 0.25) is 0 Å². The van der Waals surface area contributed by atoms with E-state index in [2.05, 4.69) is 25.0 Å². The first kappa shape index (κ1) is 14.2. The van der Waals surface area contributed by atoms with Gasteiger partial charge < -0.3 is 9.88 Å². The lowest BCUT2D eigenvalue weighted by molar-refractivity contribution is -0.122. The molecule has 0 radical (unpaired) electrons. The smallest absolute Gasteiger partial charge is 0.234 e. The van der Waals surface area contributed by atoms with Crippen molar-refractivity contribution in [3.05, 3.63) is 11.6 Å². The minimum Gasteiger partial charge on any atom is -0.352 e. The average Bonchev–Trinajstić information content (AvgIpc) is 3.14. The van der Waals surface area contributed by atoms with Crippen molar-refractivity contribution in [3.63, 3.8) is 0 Å². The quantitative estimate of drug-likeness (QED) is 0.914. The van der Waals surface area contributed by atoms with E-state index in [1.165, 1.54) is 19.3 Å². The molecule has 1 aromatic heterocycles. The Bertz CT molecular complexity index is 551. The molecule has 1 saturated heterocycles. The Labute approximate surface area is 131 Å². The Balaban J connectivity index is 1.48. The molecule has 2 fully saturated rings. The summed E-state index contributed by atoms with van der Waals surface area (Å²) in [6.45, 7) is 2.53. The number of amides is 1. The molecule has 120 valence electrons. The predicted octanol–water partition coefficient (Wildman–Crippen LogP) is 1.42. The third-order valence-corrected chi connectivity index (χ3v) is 5.09. The number of nitrogens with zero attached hydrogens (tertiary/aromatic N) is 4. The molecule has 0 unspecified atom stereocenters. The van der Waals surface area contributed by atoms with Gasteiger partial charge in [0.2, 0.25) is 5.91 Å². The molecule has 1 atom stereocenters. The highest BCUT2D eigenvalue weighted by molar-refractivity contribution is 5.78. The van der Waals surface area contributed by atoms with Crippen molar-refractivity contribution in [1.82, 2.24) is 25.0 Å². The number of hydrogen-bond acceptors (Lipinski definition) is 4. The van der Waals surface area contributed by atoms with Crippen LogP contribution in [0.1, 0.15) is 62.6 Å². The Morgan fingerprint density at radius 3 is 2.86 bits per heavy atom. The third-order valence-electron chi connectivity index (χ3n) is 5.09. The number of hydrogen-bond donors (Lipinski definition) is 1. The standard InChI is InChI=1S/C16H25N5O/c22-15(17-12-7-8-12)11-20-9-4-5-13(20)16-19-18-14-6-2-1-3-10-21(14)16/h12-13H,1-11H2,(H,17,22)/t13-/m1/s1. The summed E-state index contributed by atoms with van der Waals surface area (Å²) in [5.41, 5.74) is 0. The highest BCUT2D eigenvalue weighted by Crippen LogP contribution is 2.32. The normalized spacial score (nSPS) is 25.7. The molecule has 6 nitrogen and oxygen atoms in total. The molecule has 1 saturated carbocycles. The van der Waals surface area contributed by atoms with Crippen LogP contribution in [0.15, 0.2) is 0 Å². The van der Waals surface area contributed by atoms with E-state index in [1.807, 2.05) is 0 Å². The summed E-state index contributed by atoms with van der Waals surface area (Å²) in [7, 11) is 0. The van der Waals surface area contributed by atoms with Gasteiger partial charge in [-0.15, -0.1) is 10.2 Å². The molecule has 3 heterocycles. The fraction of sp³-hybridized carbons (Fsp3) is 0.812. The van der Waals surface area contributed by atoms with Gasteiger partial charge in [-0.05, 0) is 45.1 Å². The van der Waals surface area contributed by atoms with Gasteiger partial charge in [0.1, 0.15) is 11.6 Å². The summed E-state index contributed by atoms with van der Waals surface area (Å²) in [5, 5.41) is 12.0. The maximum Gasteiger partial charge on any atom is 0.234 e. The second-order valence-corrected chi connectivity index (χ2v) is 6.91. The monoisotopic (exact) mass is 303 g/mol. The lowest BCUT2D eigenvalue weighted by Gasteiger charge is -2.23. The molecule has 2 aliphatic heterocycles. The molecule has 1 amide bonds. The summed E-state index contributed by atoms with van der Waals surface area (Å²) >= 11 is 0. The first-order valence-electron chi connectivity index (χ1n) is 8.76. The molecule has 6 heteroatoms. The van der Waals surface area contributed by atoms with Crippen LogP contribution in [0.25, 0.3) is 0 Å². The van der Waals surface area contributed by atoms with Gasteiger partial charge in [0, 0.05) is 19.0 Å². The number of carbonyl (C=O) groups excluding carboxylic acids is 1. The third kappa shape index (κ3) is 2.89. The van der Waals surface area contributed by atoms with Gasteiger partial charge in [0.25, 0.3) is 0 Å².